The first-order chi connectivity index (χ1) is 8.54. The topological polar surface area (TPSA) is 111 Å². The molecule has 0 heterocycles. The molecule has 0 saturated carbocycles. The van der Waals surface area contributed by atoms with E-state index in [4.69, 9.17) is 16.2 Å². The number of anilines is 2. The van der Waals surface area contributed by atoms with Gasteiger partial charge in [-0.3, -0.25) is 4.79 Å². The van der Waals surface area contributed by atoms with Crippen LogP contribution in [0.25, 0.3) is 0 Å². The smallest absolute Gasteiger partial charge is 0.248 e. The van der Waals surface area contributed by atoms with E-state index in [0.717, 1.165) is 0 Å². The predicted molar refractivity (Wildman–Crippen MR) is 70.4 cm³/mol. The van der Waals surface area contributed by atoms with Crippen LogP contribution in [-0.4, -0.2) is 37.4 Å². The molecule has 18 heavy (non-hydrogen) atoms. The highest BCUT2D eigenvalue weighted by Crippen LogP contribution is 2.19. The van der Waals surface area contributed by atoms with Gasteiger partial charge in [0.2, 0.25) is 5.91 Å². The summed E-state index contributed by atoms with van der Waals surface area (Å²) in [6.45, 7) is 0.864. The Morgan fingerprint density at radius 3 is 2.83 bits per heavy atom. The first-order valence-corrected chi connectivity index (χ1v) is 5.64. The van der Waals surface area contributed by atoms with Crippen molar-refractivity contribution in [2.45, 2.75) is 12.5 Å². The van der Waals surface area contributed by atoms with Gasteiger partial charge in [-0.25, -0.2) is 0 Å². The Morgan fingerprint density at radius 1 is 1.56 bits per heavy atom. The minimum Gasteiger partial charge on any atom is -0.397 e. The van der Waals surface area contributed by atoms with Crippen LogP contribution in [0.15, 0.2) is 18.2 Å². The molecule has 0 spiro atoms. The first kappa shape index (κ1) is 14.3. The van der Waals surface area contributed by atoms with Gasteiger partial charge in [0.05, 0.1) is 24.1 Å². The number of carbonyl (C=O) groups is 1. The summed E-state index contributed by atoms with van der Waals surface area (Å²) in [6.07, 6.45) is 0.0406. The fourth-order valence-corrected chi connectivity index (χ4v) is 1.53. The van der Waals surface area contributed by atoms with E-state index in [0.29, 0.717) is 36.5 Å². The van der Waals surface area contributed by atoms with E-state index in [9.17, 15) is 9.90 Å². The number of nitrogens with one attached hydrogen (secondary N) is 1. The standard InChI is InChI=1S/C12H19N3O3/c1-18-7-9(16)4-5-15-11-3-2-8(12(14)17)6-10(11)13/h2-3,6,9,15-16H,4-5,7,13H2,1H3,(H2,14,17). The van der Waals surface area contributed by atoms with Crippen LogP contribution in [0.2, 0.25) is 0 Å². The maximum atomic E-state index is 10.9. The Bertz CT molecular complexity index is 410. The number of rotatable bonds is 7. The van der Waals surface area contributed by atoms with E-state index in [-0.39, 0.29) is 0 Å². The number of hydrogen-bond acceptors (Lipinski definition) is 5. The van der Waals surface area contributed by atoms with E-state index < -0.39 is 12.0 Å². The third kappa shape index (κ3) is 4.23. The number of aliphatic hydroxyl groups is 1. The van der Waals surface area contributed by atoms with Gasteiger partial charge in [0.25, 0.3) is 0 Å². The van der Waals surface area contributed by atoms with Crippen LogP contribution < -0.4 is 16.8 Å². The van der Waals surface area contributed by atoms with Gasteiger partial charge in [0, 0.05) is 19.2 Å². The van der Waals surface area contributed by atoms with Crippen LogP contribution in [0.3, 0.4) is 0 Å². The van der Waals surface area contributed by atoms with Gasteiger partial charge in [-0.1, -0.05) is 0 Å². The normalized spacial score (nSPS) is 12.1. The molecule has 1 aromatic rings. The molecule has 100 valence electrons. The van der Waals surface area contributed by atoms with Crippen molar-refractivity contribution in [1.82, 2.24) is 0 Å². The third-order valence-electron chi connectivity index (χ3n) is 2.49. The van der Waals surface area contributed by atoms with Gasteiger partial charge in [-0.15, -0.1) is 0 Å². The zero-order valence-electron chi connectivity index (χ0n) is 10.3. The van der Waals surface area contributed by atoms with Gasteiger partial charge < -0.3 is 26.6 Å². The number of carbonyl (C=O) groups excluding carboxylic acids is 1. The zero-order valence-corrected chi connectivity index (χ0v) is 10.3. The van der Waals surface area contributed by atoms with Gasteiger partial charge in [-0.05, 0) is 24.6 Å². The molecule has 6 heteroatoms. The maximum absolute atomic E-state index is 10.9. The SMILES string of the molecule is COCC(O)CCNc1ccc(C(N)=O)cc1N. The quantitative estimate of drug-likeness (QED) is 0.518. The maximum Gasteiger partial charge on any atom is 0.248 e. The van der Waals surface area contributed by atoms with E-state index in [1.54, 1.807) is 12.1 Å². The number of hydrogen-bond donors (Lipinski definition) is 4. The molecule has 1 rings (SSSR count). The molecule has 6 N–H and O–H groups in total. The van der Waals surface area contributed by atoms with Crippen molar-refractivity contribution in [2.75, 3.05) is 31.3 Å². The number of aliphatic hydroxyl groups excluding tert-OH is 1. The van der Waals surface area contributed by atoms with Crippen molar-refractivity contribution in [1.29, 1.82) is 0 Å². The first-order valence-electron chi connectivity index (χ1n) is 5.64. The molecule has 0 radical (unpaired) electrons. The summed E-state index contributed by atoms with van der Waals surface area (Å²) in [6, 6.07) is 4.82. The van der Waals surface area contributed by atoms with Crippen molar-refractivity contribution >= 4 is 17.3 Å². The summed E-state index contributed by atoms with van der Waals surface area (Å²) < 4.78 is 4.82. The second-order valence-electron chi connectivity index (χ2n) is 3.99. The summed E-state index contributed by atoms with van der Waals surface area (Å²) >= 11 is 0. The highest BCUT2D eigenvalue weighted by atomic mass is 16.5. The Labute approximate surface area is 106 Å². The summed E-state index contributed by atoms with van der Waals surface area (Å²) in [5, 5.41) is 12.5. The molecule has 0 aliphatic rings. The molecule has 1 aromatic carbocycles. The average molecular weight is 253 g/mol. The van der Waals surface area contributed by atoms with Crippen molar-refractivity contribution in [3.05, 3.63) is 23.8 Å². The molecule has 0 fully saturated rings. The largest absolute Gasteiger partial charge is 0.397 e. The van der Waals surface area contributed by atoms with E-state index in [2.05, 4.69) is 5.32 Å². The minimum atomic E-state index is -0.510. The van der Waals surface area contributed by atoms with Crippen LogP contribution in [-0.2, 0) is 4.74 Å². The fraction of sp³-hybridized carbons (Fsp3) is 0.417. The molecule has 1 amide bonds. The van der Waals surface area contributed by atoms with Crippen molar-refractivity contribution < 1.29 is 14.6 Å². The highest BCUT2D eigenvalue weighted by Gasteiger charge is 2.06. The van der Waals surface area contributed by atoms with Crippen molar-refractivity contribution in [2.24, 2.45) is 5.73 Å². The van der Waals surface area contributed by atoms with Gasteiger partial charge in [-0.2, -0.15) is 0 Å². The molecule has 1 unspecified atom stereocenters. The number of ether oxygens (including phenoxy) is 1. The molecule has 6 nitrogen and oxygen atoms in total. The van der Waals surface area contributed by atoms with Gasteiger partial charge in [0.1, 0.15) is 0 Å². The fourth-order valence-electron chi connectivity index (χ4n) is 1.53. The lowest BCUT2D eigenvalue weighted by atomic mass is 10.1. The Kier molecular flexibility index (Phi) is 5.41. The van der Waals surface area contributed by atoms with Crippen LogP contribution in [0, 0.1) is 0 Å². The predicted octanol–water partition coefficient (Wildman–Crippen LogP) is 0.177. The van der Waals surface area contributed by atoms with Crippen LogP contribution in [0.4, 0.5) is 11.4 Å². The van der Waals surface area contributed by atoms with E-state index in [1.165, 1.54) is 13.2 Å². The molecular formula is C12H19N3O3. The van der Waals surface area contributed by atoms with Crippen LogP contribution >= 0.6 is 0 Å². The van der Waals surface area contributed by atoms with E-state index >= 15 is 0 Å². The third-order valence-corrected chi connectivity index (χ3v) is 2.49. The van der Waals surface area contributed by atoms with Crippen LogP contribution in [0.1, 0.15) is 16.8 Å². The second kappa shape index (κ2) is 6.83. The molecular weight excluding hydrogens is 234 g/mol. The Morgan fingerprint density at radius 2 is 2.28 bits per heavy atom. The Hall–Kier alpha value is -1.79. The zero-order chi connectivity index (χ0) is 13.5. The molecule has 0 saturated heterocycles. The lowest BCUT2D eigenvalue weighted by Crippen LogP contribution is -2.18. The summed E-state index contributed by atoms with van der Waals surface area (Å²) in [5.41, 5.74) is 12.5. The van der Waals surface area contributed by atoms with Crippen molar-refractivity contribution in [3.63, 3.8) is 0 Å². The Balaban J connectivity index is 2.50. The summed E-state index contributed by atoms with van der Waals surface area (Å²) in [7, 11) is 1.54. The molecule has 1 atom stereocenters. The minimum absolute atomic E-state index is 0.303. The van der Waals surface area contributed by atoms with Crippen molar-refractivity contribution in [3.8, 4) is 0 Å². The van der Waals surface area contributed by atoms with E-state index in [1.807, 2.05) is 0 Å². The lowest BCUT2D eigenvalue weighted by molar-refractivity contribution is 0.0615. The molecule has 0 aromatic heterocycles. The average Bonchev–Trinajstić information content (AvgIpc) is 2.31. The summed E-state index contributed by atoms with van der Waals surface area (Å²) in [5.74, 6) is -0.510. The lowest BCUT2D eigenvalue weighted by Gasteiger charge is -2.12. The second-order valence-corrected chi connectivity index (χ2v) is 3.99. The number of methoxy groups -OCH3 is 1. The van der Waals surface area contributed by atoms with Gasteiger partial charge in [0.15, 0.2) is 0 Å². The number of amides is 1. The van der Waals surface area contributed by atoms with Crippen LogP contribution in [0.5, 0.6) is 0 Å². The monoisotopic (exact) mass is 253 g/mol. The number of nitrogens with two attached hydrogens (primary N) is 2. The summed E-state index contributed by atoms with van der Waals surface area (Å²) in [4.78, 5) is 10.9. The molecule has 0 aliphatic carbocycles. The highest BCUT2D eigenvalue weighted by molar-refractivity contribution is 5.94. The molecule has 0 bridgehead atoms. The van der Waals surface area contributed by atoms with Gasteiger partial charge >= 0.3 is 0 Å². The number of nitrogen functional groups attached to an aromatic ring is 1. The number of benzene rings is 1. The molecule has 0 aliphatic heterocycles. The number of primary amides is 1.